The Morgan fingerprint density at radius 3 is 2.90 bits per heavy atom. The maximum atomic E-state index is 12.1. The fourth-order valence-corrected chi connectivity index (χ4v) is 1.84. The van der Waals surface area contributed by atoms with Gasteiger partial charge in [-0.15, -0.1) is 5.10 Å². The van der Waals surface area contributed by atoms with Crippen LogP contribution in [0.15, 0.2) is 24.4 Å². The minimum absolute atomic E-state index is 0.232. The smallest absolute Gasteiger partial charge is 0.347 e. The van der Waals surface area contributed by atoms with Crippen molar-refractivity contribution in [1.82, 2.24) is 24.9 Å². The van der Waals surface area contributed by atoms with Crippen LogP contribution in [0, 0.1) is 6.92 Å². The predicted molar refractivity (Wildman–Crippen MR) is 67.6 cm³/mol. The molecule has 20 heavy (non-hydrogen) atoms. The standard InChI is InChI=1S/C12H11N5O3/c1-7-8(6-13-16(7)2)12(18)20-10-5-3-4-9-11(10)14-15-17(9)19/h3-6,19H,1-2H3. The number of fused-ring (bicyclic) bond motifs is 1. The summed E-state index contributed by atoms with van der Waals surface area (Å²) in [6.45, 7) is 1.77. The Labute approximate surface area is 113 Å². The van der Waals surface area contributed by atoms with Crippen LogP contribution in [0.5, 0.6) is 5.75 Å². The number of ether oxygens (including phenoxy) is 1. The number of benzene rings is 1. The van der Waals surface area contributed by atoms with Crippen molar-refractivity contribution in [1.29, 1.82) is 0 Å². The Morgan fingerprint density at radius 2 is 2.20 bits per heavy atom. The van der Waals surface area contributed by atoms with Gasteiger partial charge >= 0.3 is 5.97 Å². The Bertz CT molecular complexity index is 805. The zero-order valence-electron chi connectivity index (χ0n) is 10.8. The third-order valence-electron chi connectivity index (χ3n) is 3.08. The third kappa shape index (κ3) is 1.78. The van der Waals surface area contributed by atoms with E-state index in [0.29, 0.717) is 27.1 Å². The van der Waals surface area contributed by atoms with E-state index in [1.54, 1.807) is 36.9 Å². The number of rotatable bonds is 2. The molecule has 1 aromatic carbocycles. The molecule has 2 heterocycles. The van der Waals surface area contributed by atoms with E-state index in [-0.39, 0.29) is 5.75 Å². The summed E-state index contributed by atoms with van der Waals surface area (Å²) in [7, 11) is 1.74. The first kappa shape index (κ1) is 12.2. The van der Waals surface area contributed by atoms with Crippen LogP contribution >= 0.6 is 0 Å². The van der Waals surface area contributed by atoms with Gasteiger partial charge in [0, 0.05) is 12.7 Å². The summed E-state index contributed by atoms with van der Waals surface area (Å²) in [5.41, 5.74) is 1.75. The third-order valence-corrected chi connectivity index (χ3v) is 3.08. The maximum absolute atomic E-state index is 12.1. The first-order valence-electron chi connectivity index (χ1n) is 5.82. The van der Waals surface area contributed by atoms with Gasteiger partial charge in [-0.3, -0.25) is 4.68 Å². The van der Waals surface area contributed by atoms with E-state index in [1.807, 2.05) is 0 Å². The Hall–Kier alpha value is -2.90. The van der Waals surface area contributed by atoms with E-state index in [4.69, 9.17) is 4.74 Å². The average Bonchev–Trinajstić information content (AvgIpc) is 2.96. The van der Waals surface area contributed by atoms with Gasteiger partial charge in [0.25, 0.3) is 0 Å². The molecule has 0 unspecified atom stereocenters. The van der Waals surface area contributed by atoms with Gasteiger partial charge in [0.15, 0.2) is 11.3 Å². The van der Waals surface area contributed by atoms with Gasteiger partial charge in [-0.2, -0.15) is 5.10 Å². The van der Waals surface area contributed by atoms with Gasteiger partial charge in [0.2, 0.25) is 0 Å². The lowest BCUT2D eigenvalue weighted by Gasteiger charge is -2.04. The molecule has 0 radical (unpaired) electrons. The van der Waals surface area contributed by atoms with E-state index in [1.165, 1.54) is 6.20 Å². The van der Waals surface area contributed by atoms with Crippen LogP contribution in [0.1, 0.15) is 16.1 Å². The summed E-state index contributed by atoms with van der Waals surface area (Å²) in [5.74, 6) is -0.299. The molecule has 0 atom stereocenters. The lowest BCUT2D eigenvalue weighted by Crippen LogP contribution is -2.10. The highest BCUT2D eigenvalue weighted by molar-refractivity contribution is 5.94. The molecule has 0 saturated heterocycles. The van der Waals surface area contributed by atoms with Crippen LogP contribution in [0.25, 0.3) is 11.0 Å². The van der Waals surface area contributed by atoms with Gasteiger partial charge in [-0.05, 0) is 24.3 Å². The fraction of sp³-hybridized carbons (Fsp3) is 0.167. The summed E-state index contributed by atoms with van der Waals surface area (Å²) in [6.07, 6.45) is 1.45. The molecule has 8 heteroatoms. The molecule has 0 aliphatic rings. The van der Waals surface area contributed by atoms with Crippen LogP contribution in [-0.4, -0.2) is 36.1 Å². The van der Waals surface area contributed by atoms with Gasteiger partial charge in [0.05, 0.1) is 6.20 Å². The summed E-state index contributed by atoms with van der Waals surface area (Å²) < 4.78 is 6.89. The summed E-state index contributed by atoms with van der Waals surface area (Å²) in [5, 5.41) is 20.6. The second kappa shape index (κ2) is 4.34. The van der Waals surface area contributed by atoms with E-state index >= 15 is 0 Å². The number of nitrogens with zero attached hydrogens (tertiary/aromatic N) is 5. The maximum Gasteiger partial charge on any atom is 0.347 e. The number of esters is 1. The number of hydrogen-bond acceptors (Lipinski definition) is 6. The second-order valence-electron chi connectivity index (χ2n) is 4.26. The summed E-state index contributed by atoms with van der Waals surface area (Å²) >= 11 is 0. The molecule has 0 aliphatic heterocycles. The number of aryl methyl sites for hydroxylation is 1. The molecule has 1 N–H and O–H groups in total. The van der Waals surface area contributed by atoms with Crippen molar-refractivity contribution in [3.63, 3.8) is 0 Å². The van der Waals surface area contributed by atoms with Gasteiger partial charge in [-0.1, -0.05) is 10.9 Å². The van der Waals surface area contributed by atoms with Crippen molar-refractivity contribution in [2.24, 2.45) is 7.05 Å². The molecule has 0 fully saturated rings. The molecule has 2 aromatic heterocycles. The molecule has 0 aliphatic carbocycles. The molecule has 0 bridgehead atoms. The summed E-state index contributed by atoms with van der Waals surface area (Å²) in [4.78, 5) is 12.7. The minimum Gasteiger partial charge on any atom is -0.420 e. The van der Waals surface area contributed by atoms with Crippen molar-refractivity contribution < 1.29 is 14.7 Å². The Balaban J connectivity index is 1.97. The van der Waals surface area contributed by atoms with Crippen LogP contribution in [0.3, 0.4) is 0 Å². The molecule has 0 spiro atoms. The first-order valence-corrected chi connectivity index (χ1v) is 5.82. The molecule has 3 aromatic rings. The molecule has 0 amide bonds. The molecule has 3 rings (SSSR count). The SMILES string of the molecule is Cc1c(C(=O)Oc2cccc3c2nnn3O)cnn1C. The van der Waals surface area contributed by atoms with Crippen molar-refractivity contribution in [3.05, 3.63) is 35.7 Å². The highest BCUT2D eigenvalue weighted by Crippen LogP contribution is 2.23. The normalized spacial score (nSPS) is 10.9. The number of carbonyl (C=O) groups excluding carboxylic acids is 1. The first-order chi connectivity index (χ1) is 9.58. The highest BCUT2D eigenvalue weighted by Gasteiger charge is 2.18. The lowest BCUT2D eigenvalue weighted by atomic mass is 10.2. The predicted octanol–water partition coefficient (Wildman–Crippen LogP) is 0.930. The number of aromatic nitrogens is 5. The quantitative estimate of drug-likeness (QED) is 0.424. The molecule has 102 valence electrons. The lowest BCUT2D eigenvalue weighted by molar-refractivity contribution is 0.0736. The Kier molecular flexibility index (Phi) is 2.63. The summed E-state index contributed by atoms with van der Waals surface area (Å²) in [6, 6.07) is 4.83. The van der Waals surface area contributed by atoms with Gasteiger partial charge < -0.3 is 9.94 Å². The average molecular weight is 273 g/mol. The van der Waals surface area contributed by atoms with Crippen LogP contribution in [-0.2, 0) is 7.05 Å². The zero-order valence-corrected chi connectivity index (χ0v) is 10.8. The molecular weight excluding hydrogens is 262 g/mol. The van der Waals surface area contributed by atoms with E-state index < -0.39 is 5.97 Å². The van der Waals surface area contributed by atoms with Crippen molar-refractivity contribution in [3.8, 4) is 5.75 Å². The highest BCUT2D eigenvalue weighted by atomic mass is 16.5. The largest absolute Gasteiger partial charge is 0.420 e. The monoisotopic (exact) mass is 273 g/mol. The van der Waals surface area contributed by atoms with Crippen LogP contribution < -0.4 is 4.74 Å². The van der Waals surface area contributed by atoms with Crippen LogP contribution in [0.4, 0.5) is 0 Å². The number of hydrogen-bond donors (Lipinski definition) is 1. The van der Waals surface area contributed by atoms with E-state index in [0.717, 1.165) is 0 Å². The molecule has 0 saturated carbocycles. The van der Waals surface area contributed by atoms with Crippen molar-refractivity contribution in [2.45, 2.75) is 6.92 Å². The molecule has 8 nitrogen and oxygen atoms in total. The number of carbonyl (C=O) groups is 1. The molecular formula is C12H11N5O3. The van der Waals surface area contributed by atoms with E-state index in [9.17, 15) is 10.0 Å². The van der Waals surface area contributed by atoms with Gasteiger partial charge in [0.1, 0.15) is 11.1 Å². The van der Waals surface area contributed by atoms with E-state index in [2.05, 4.69) is 15.4 Å². The minimum atomic E-state index is -0.532. The Morgan fingerprint density at radius 1 is 1.40 bits per heavy atom. The topological polar surface area (TPSA) is 95.1 Å². The second-order valence-corrected chi connectivity index (χ2v) is 4.26. The van der Waals surface area contributed by atoms with Crippen LogP contribution in [0.2, 0.25) is 0 Å². The van der Waals surface area contributed by atoms with Gasteiger partial charge in [-0.25, -0.2) is 4.79 Å². The van der Waals surface area contributed by atoms with Crippen molar-refractivity contribution >= 4 is 17.0 Å². The zero-order chi connectivity index (χ0) is 14.3. The van der Waals surface area contributed by atoms with Crippen molar-refractivity contribution in [2.75, 3.05) is 0 Å². The fourth-order valence-electron chi connectivity index (χ4n) is 1.84.